The molecular weight excluding hydrogens is 278 g/mol. The van der Waals surface area contributed by atoms with Crippen LogP contribution in [0.15, 0.2) is 24.3 Å². The van der Waals surface area contributed by atoms with Gasteiger partial charge in [0, 0.05) is 12.2 Å². The van der Waals surface area contributed by atoms with E-state index in [9.17, 15) is 23.6 Å². The molecule has 1 fully saturated rings. The highest BCUT2D eigenvalue weighted by molar-refractivity contribution is 7.91. The van der Waals surface area contributed by atoms with E-state index < -0.39 is 32.4 Å². The summed E-state index contributed by atoms with van der Waals surface area (Å²) in [6, 6.07) is 8.79. The van der Waals surface area contributed by atoms with E-state index in [0.717, 1.165) is 18.2 Å². The fourth-order valence-electron chi connectivity index (χ4n) is 2.78. The highest BCUT2D eigenvalue weighted by Crippen LogP contribution is 2.62. The number of benzene rings is 1. The van der Waals surface area contributed by atoms with E-state index in [1.54, 1.807) is 18.2 Å². The summed E-state index contributed by atoms with van der Waals surface area (Å²) in [6.45, 7) is 1.99. The molecule has 0 amide bonds. The lowest BCUT2D eigenvalue weighted by atomic mass is 9.99. The molecule has 0 heterocycles. The summed E-state index contributed by atoms with van der Waals surface area (Å²) in [7, 11) is -3.61. The maximum atomic E-state index is 11.8. The average molecular weight is 293 g/mol. The van der Waals surface area contributed by atoms with Gasteiger partial charge in [0.15, 0.2) is 15.3 Å². The van der Waals surface area contributed by atoms with Crippen molar-refractivity contribution in [1.82, 2.24) is 0 Å². The summed E-state index contributed by atoms with van der Waals surface area (Å²) < 4.78 is 23.5. The zero-order chi connectivity index (χ0) is 15.1. The number of carboxylic acids is 1. The van der Waals surface area contributed by atoms with Crippen molar-refractivity contribution in [1.29, 1.82) is 5.26 Å². The summed E-state index contributed by atoms with van der Waals surface area (Å²) >= 11 is 0. The van der Waals surface area contributed by atoms with Gasteiger partial charge in [0.25, 0.3) is 0 Å². The number of aliphatic carboxylic acids is 1. The molecule has 1 aliphatic carbocycles. The zero-order valence-electron chi connectivity index (χ0n) is 11.2. The second-order valence-corrected chi connectivity index (χ2v) is 7.28. The summed E-state index contributed by atoms with van der Waals surface area (Å²) in [4.78, 5) is 11.4. The lowest BCUT2D eigenvalue weighted by molar-refractivity contribution is -0.141. The van der Waals surface area contributed by atoms with Gasteiger partial charge in [-0.1, -0.05) is 31.2 Å². The molecule has 1 aliphatic rings. The summed E-state index contributed by atoms with van der Waals surface area (Å²) in [5, 5.41) is 17.3. The predicted octanol–water partition coefficient (Wildman–Crippen LogP) is 1.35. The number of sulfone groups is 1. The number of carboxylic acid groups (broad SMARTS) is 1. The first kappa shape index (κ1) is 14.5. The molecule has 0 bridgehead atoms. The fourth-order valence-corrected chi connectivity index (χ4v) is 4.54. The smallest absolute Gasteiger partial charge is 0.326 e. The Hall–Kier alpha value is -1.87. The number of rotatable bonds is 4. The van der Waals surface area contributed by atoms with E-state index in [1.807, 2.05) is 19.1 Å². The standard InChI is InChI=1S/C14H15NO4S/c1-3-9-4-6-10(7-5-9)11-12(20(2,18)19)14(11,8-15)13(16)17/h4-7,11-12H,3H2,1-2H3,(H,16,17)/t11-,12-,14-/m0/s1. The van der Waals surface area contributed by atoms with E-state index in [0.29, 0.717) is 5.56 Å². The SMILES string of the molecule is CCc1ccc([C@H]2[C@H](S(C)(=O)=O)[C@@]2(C#N)C(=O)O)cc1. The van der Waals surface area contributed by atoms with Crippen LogP contribution < -0.4 is 0 Å². The molecule has 0 radical (unpaired) electrons. The minimum Gasteiger partial charge on any atom is -0.480 e. The number of carbonyl (C=O) groups is 1. The molecule has 0 saturated heterocycles. The summed E-state index contributed by atoms with van der Waals surface area (Å²) in [5.41, 5.74) is -0.203. The molecule has 0 aromatic heterocycles. The summed E-state index contributed by atoms with van der Waals surface area (Å²) in [5.74, 6) is -2.18. The lowest BCUT2D eigenvalue weighted by Crippen LogP contribution is -2.21. The third-order valence-corrected chi connectivity index (χ3v) is 5.45. The maximum absolute atomic E-state index is 11.8. The first-order valence-electron chi connectivity index (χ1n) is 6.21. The van der Waals surface area contributed by atoms with Crippen molar-refractivity contribution < 1.29 is 18.3 Å². The van der Waals surface area contributed by atoms with Crippen molar-refractivity contribution in [2.45, 2.75) is 24.5 Å². The van der Waals surface area contributed by atoms with Crippen LogP contribution >= 0.6 is 0 Å². The van der Waals surface area contributed by atoms with E-state index in [1.165, 1.54) is 0 Å². The largest absolute Gasteiger partial charge is 0.480 e. The Labute approximate surface area is 117 Å². The normalized spacial score (nSPS) is 28.6. The van der Waals surface area contributed by atoms with Crippen molar-refractivity contribution in [2.24, 2.45) is 5.41 Å². The van der Waals surface area contributed by atoms with E-state index in [4.69, 9.17) is 0 Å². The highest BCUT2D eigenvalue weighted by Gasteiger charge is 2.76. The van der Waals surface area contributed by atoms with Crippen molar-refractivity contribution in [3.63, 3.8) is 0 Å². The van der Waals surface area contributed by atoms with E-state index in [-0.39, 0.29) is 0 Å². The van der Waals surface area contributed by atoms with Crippen molar-refractivity contribution in [2.75, 3.05) is 6.26 Å². The monoisotopic (exact) mass is 293 g/mol. The quantitative estimate of drug-likeness (QED) is 0.904. The molecule has 1 N–H and O–H groups in total. The summed E-state index contributed by atoms with van der Waals surface area (Å²) in [6.07, 6.45) is 1.82. The van der Waals surface area contributed by atoms with Gasteiger partial charge >= 0.3 is 5.97 Å². The number of hydrogen-bond donors (Lipinski definition) is 1. The molecule has 1 aromatic carbocycles. The first-order valence-corrected chi connectivity index (χ1v) is 8.16. The van der Waals surface area contributed by atoms with Crippen molar-refractivity contribution in [3.05, 3.63) is 35.4 Å². The number of nitriles is 1. The Bertz CT molecular complexity index is 687. The average Bonchev–Trinajstić information content (AvgIpc) is 3.09. The van der Waals surface area contributed by atoms with Crippen LogP contribution in [0.25, 0.3) is 0 Å². The predicted molar refractivity (Wildman–Crippen MR) is 72.9 cm³/mol. The van der Waals surface area contributed by atoms with Crippen LogP contribution in [0.2, 0.25) is 0 Å². The van der Waals surface area contributed by atoms with Crippen LogP contribution in [0.3, 0.4) is 0 Å². The third kappa shape index (κ3) is 1.98. The van der Waals surface area contributed by atoms with Gasteiger partial charge in [0.2, 0.25) is 0 Å². The number of hydrogen-bond acceptors (Lipinski definition) is 4. The van der Waals surface area contributed by atoms with Gasteiger partial charge < -0.3 is 5.11 Å². The molecule has 2 rings (SSSR count). The zero-order valence-corrected chi connectivity index (χ0v) is 12.0. The van der Waals surface area contributed by atoms with E-state index >= 15 is 0 Å². The Morgan fingerprint density at radius 1 is 1.40 bits per heavy atom. The van der Waals surface area contributed by atoms with Crippen LogP contribution in [0.1, 0.15) is 24.0 Å². The Morgan fingerprint density at radius 3 is 2.25 bits per heavy atom. The van der Waals surface area contributed by atoms with Gasteiger partial charge in [0.05, 0.1) is 6.07 Å². The van der Waals surface area contributed by atoms with Crippen molar-refractivity contribution >= 4 is 15.8 Å². The first-order chi connectivity index (χ1) is 9.29. The molecule has 6 heteroatoms. The Morgan fingerprint density at radius 2 is 1.95 bits per heavy atom. The molecule has 1 saturated carbocycles. The minimum absolute atomic E-state index is 0.585. The van der Waals surface area contributed by atoms with Gasteiger partial charge in [0.1, 0.15) is 5.25 Å². The second-order valence-electron chi connectivity index (χ2n) is 5.11. The van der Waals surface area contributed by atoms with Crippen LogP contribution in [-0.4, -0.2) is 31.0 Å². The molecule has 0 spiro atoms. The topological polar surface area (TPSA) is 95.2 Å². The van der Waals surface area contributed by atoms with Gasteiger partial charge in [-0.05, 0) is 17.5 Å². The van der Waals surface area contributed by atoms with Gasteiger partial charge in [-0.3, -0.25) is 4.79 Å². The Kier molecular flexibility index (Phi) is 3.34. The maximum Gasteiger partial charge on any atom is 0.326 e. The number of aryl methyl sites for hydroxylation is 1. The molecule has 0 aliphatic heterocycles. The molecule has 1 aromatic rings. The molecule has 106 valence electrons. The fraction of sp³-hybridized carbons (Fsp3) is 0.429. The van der Waals surface area contributed by atoms with Crippen LogP contribution in [-0.2, 0) is 21.1 Å². The molecular formula is C14H15NO4S. The van der Waals surface area contributed by atoms with Gasteiger partial charge in [-0.25, -0.2) is 8.42 Å². The van der Waals surface area contributed by atoms with Crippen LogP contribution in [0.5, 0.6) is 0 Å². The third-order valence-electron chi connectivity index (χ3n) is 3.88. The number of nitrogens with zero attached hydrogens (tertiary/aromatic N) is 1. The van der Waals surface area contributed by atoms with Crippen LogP contribution in [0, 0.1) is 16.7 Å². The van der Waals surface area contributed by atoms with Gasteiger partial charge in [-0.15, -0.1) is 0 Å². The molecule has 0 unspecified atom stereocenters. The molecule has 5 nitrogen and oxygen atoms in total. The highest BCUT2D eigenvalue weighted by atomic mass is 32.2. The van der Waals surface area contributed by atoms with Crippen molar-refractivity contribution in [3.8, 4) is 6.07 Å². The van der Waals surface area contributed by atoms with Gasteiger partial charge in [-0.2, -0.15) is 5.26 Å². The minimum atomic E-state index is -3.61. The Balaban J connectivity index is 2.49. The second kappa shape index (κ2) is 4.60. The molecule has 20 heavy (non-hydrogen) atoms. The molecule has 3 atom stereocenters. The lowest BCUT2D eigenvalue weighted by Gasteiger charge is -2.03. The van der Waals surface area contributed by atoms with E-state index in [2.05, 4.69) is 0 Å². The van der Waals surface area contributed by atoms with Crippen LogP contribution in [0.4, 0.5) is 0 Å².